The van der Waals surface area contributed by atoms with Crippen molar-refractivity contribution in [1.82, 2.24) is 10.2 Å². The zero-order chi connectivity index (χ0) is 25.5. The average Bonchev–Trinajstić information content (AvgIpc) is 3.10. The van der Waals surface area contributed by atoms with Gasteiger partial charge in [0.15, 0.2) is 5.78 Å². The number of ether oxygens (including phenoxy) is 1. The van der Waals surface area contributed by atoms with Gasteiger partial charge in [0.05, 0.1) is 30.6 Å². The van der Waals surface area contributed by atoms with Gasteiger partial charge in [0.1, 0.15) is 17.3 Å². The summed E-state index contributed by atoms with van der Waals surface area (Å²) in [6.45, 7) is 1.30. The molecule has 2 aromatic rings. The first-order valence-corrected chi connectivity index (χ1v) is 10.8. The summed E-state index contributed by atoms with van der Waals surface area (Å²) in [5.74, 6) is -3.36. The third kappa shape index (κ3) is 5.03. The average molecular weight is 492 g/mol. The quantitative estimate of drug-likeness (QED) is 0.506. The highest BCUT2D eigenvalue weighted by atomic mass is 19.4. The number of ketones is 2. The van der Waals surface area contributed by atoms with Gasteiger partial charge in [-0.2, -0.15) is 0 Å². The van der Waals surface area contributed by atoms with Crippen molar-refractivity contribution in [3.63, 3.8) is 0 Å². The summed E-state index contributed by atoms with van der Waals surface area (Å²) in [5, 5.41) is 2.53. The summed E-state index contributed by atoms with van der Waals surface area (Å²) >= 11 is 0. The first kappa shape index (κ1) is 24.4. The number of alkyl halides is 3. The Morgan fingerprint density at radius 2 is 1.91 bits per heavy atom. The Hall–Kier alpha value is -3.76. The number of Topliss-reactive ketones (excluding diaryl/α,β-unsaturated/α-hetero) is 2. The Labute approximate surface area is 197 Å². The molecule has 2 aromatic carbocycles. The lowest BCUT2D eigenvalue weighted by Gasteiger charge is -2.29. The van der Waals surface area contributed by atoms with Crippen molar-refractivity contribution >= 4 is 23.4 Å². The van der Waals surface area contributed by atoms with E-state index in [1.807, 2.05) is 0 Å². The van der Waals surface area contributed by atoms with Crippen molar-refractivity contribution in [3.8, 4) is 5.75 Å². The standard InChI is InChI=1S/C24H20F4N2O5/c1-12(13-3-2-4-15(9-13)35-24(26,27)28)29-22(33)17-7-6-16-18(21(17)25)11-30(23(16)34)19-8-5-14(31)10-20(19)32/h2-4,6-7,9,12,19H,5,8,10-11H2,1H3,(H,29,33)/t12-,19?/m0/s1. The minimum absolute atomic E-state index is 0.0272. The van der Waals surface area contributed by atoms with E-state index >= 15 is 4.39 Å². The monoisotopic (exact) mass is 492 g/mol. The van der Waals surface area contributed by atoms with Gasteiger partial charge in [-0.1, -0.05) is 12.1 Å². The molecule has 184 valence electrons. The van der Waals surface area contributed by atoms with Crippen LogP contribution in [0.5, 0.6) is 5.75 Å². The zero-order valence-corrected chi connectivity index (χ0v) is 18.4. The van der Waals surface area contributed by atoms with Gasteiger partial charge in [-0.15, -0.1) is 13.2 Å². The number of hydrogen-bond donors (Lipinski definition) is 1. The lowest BCUT2D eigenvalue weighted by atomic mass is 9.92. The fourth-order valence-electron chi connectivity index (χ4n) is 4.33. The number of hydrogen-bond acceptors (Lipinski definition) is 5. The topological polar surface area (TPSA) is 92.8 Å². The van der Waals surface area contributed by atoms with Crippen LogP contribution in [0.15, 0.2) is 36.4 Å². The summed E-state index contributed by atoms with van der Waals surface area (Å²) in [5.41, 5.74) is -0.0409. The fraction of sp³-hybridized carbons (Fsp3) is 0.333. The molecule has 1 saturated carbocycles. The largest absolute Gasteiger partial charge is 0.573 e. The predicted molar refractivity (Wildman–Crippen MR) is 113 cm³/mol. The van der Waals surface area contributed by atoms with Gasteiger partial charge in [0.25, 0.3) is 11.8 Å². The molecule has 1 N–H and O–H groups in total. The maximum atomic E-state index is 15.3. The Morgan fingerprint density at radius 3 is 2.60 bits per heavy atom. The molecule has 0 bridgehead atoms. The Kier molecular flexibility index (Phi) is 6.35. The van der Waals surface area contributed by atoms with Crippen molar-refractivity contribution in [2.24, 2.45) is 0 Å². The molecule has 7 nitrogen and oxygen atoms in total. The minimum Gasteiger partial charge on any atom is -0.406 e. The highest BCUT2D eigenvalue weighted by Gasteiger charge is 2.40. The number of nitrogens with zero attached hydrogens (tertiary/aromatic N) is 1. The van der Waals surface area contributed by atoms with Crippen LogP contribution < -0.4 is 10.1 Å². The Bertz CT molecular complexity index is 1230. The molecule has 35 heavy (non-hydrogen) atoms. The SMILES string of the molecule is C[C@H](NC(=O)c1ccc2c(c1F)CN(C1CCC(=O)CC1=O)C2=O)c1cccc(OC(F)(F)F)c1. The van der Waals surface area contributed by atoms with E-state index < -0.39 is 47.6 Å². The molecule has 11 heteroatoms. The van der Waals surface area contributed by atoms with Gasteiger partial charge in [-0.25, -0.2) is 4.39 Å². The first-order valence-electron chi connectivity index (χ1n) is 10.8. The van der Waals surface area contributed by atoms with Gasteiger partial charge in [0, 0.05) is 17.5 Å². The molecule has 1 fully saturated rings. The van der Waals surface area contributed by atoms with Crippen LogP contribution in [0.2, 0.25) is 0 Å². The number of rotatable bonds is 5. The highest BCUT2D eigenvalue weighted by Crippen LogP contribution is 2.32. The number of halogens is 4. The van der Waals surface area contributed by atoms with Crippen molar-refractivity contribution in [3.05, 3.63) is 64.5 Å². The number of benzene rings is 2. The number of carbonyl (C=O) groups is 4. The number of carbonyl (C=O) groups excluding carboxylic acids is 4. The van der Waals surface area contributed by atoms with E-state index in [4.69, 9.17) is 0 Å². The van der Waals surface area contributed by atoms with Crippen LogP contribution in [0, 0.1) is 5.82 Å². The van der Waals surface area contributed by atoms with Crippen LogP contribution in [-0.4, -0.2) is 40.7 Å². The summed E-state index contributed by atoms with van der Waals surface area (Å²) in [6, 6.07) is 5.87. The maximum Gasteiger partial charge on any atom is 0.573 e. The molecule has 0 aromatic heterocycles. The third-order valence-corrected chi connectivity index (χ3v) is 6.06. The summed E-state index contributed by atoms with van der Waals surface area (Å²) in [7, 11) is 0. The van der Waals surface area contributed by atoms with E-state index in [-0.39, 0.29) is 48.3 Å². The molecule has 4 rings (SSSR count). The highest BCUT2D eigenvalue weighted by molar-refractivity contribution is 6.08. The minimum atomic E-state index is -4.87. The number of fused-ring (bicyclic) bond motifs is 1. The molecular weight excluding hydrogens is 472 g/mol. The molecule has 0 saturated heterocycles. The van der Waals surface area contributed by atoms with Crippen molar-refractivity contribution in [1.29, 1.82) is 0 Å². The van der Waals surface area contributed by atoms with Gasteiger partial charge < -0.3 is 15.0 Å². The van der Waals surface area contributed by atoms with Crippen molar-refractivity contribution in [2.75, 3.05) is 0 Å². The molecular formula is C24H20F4N2O5. The van der Waals surface area contributed by atoms with E-state index in [1.54, 1.807) is 0 Å². The van der Waals surface area contributed by atoms with Crippen molar-refractivity contribution in [2.45, 2.75) is 51.2 Å². The lowest BCUT2D eigenvalue weighted by Crippen LogP contribution is -2.44. The molecule has 0 spiro atoms. The molecule has 2 amide bonds. The van der Waals surface area contributed by atoms with Crippen LogP contribution in [-0.2, 0) is 16.1 Å². The van der Waals surface area contributed by atoms with Gasteiger partial charge in [0.2, 0.25) is 0 Å². The molecule has 2 aliphatic rings. The van der Waals surface area contributed by atoms with Crippen LogP contribution in [0.25, 0.3) is 0 Å². The molecule has 1 aliphatic heterocycles. The summed E-state index contributed by atoms with van der Waals surface area (Å²) < 4.78 is 56.6. The first-order chi connectivity index (χ1) is 16.4. The van der Waals surface area contributed by atoms with E-state index in [0.717, 1.165) is 18.2 Å². The Morgan fingerprint density at radius 1 is 1.17 bits per heavy atom. The van der Waals surface area contributed by atoms with Crippen LogP contribution >= 0.6 is 0 Å². The predicted octanol–water partition coefficient (Wildman–Crippen LogP) is 3.86. The van der Waals surface area contributed by atoms with Gasteiger partial charge in [-0.05, 0) is 43.2 Å². The van der Waals surface area contributed by atoms with Gasteiger partial charge in [-0.3, -0.25) is 19.2 Å². The van der Waals surface area contributed by atoms with E-state index in [0.29, 0.717) is 5.56 Å². The molecule has 1 heterocycles. The van der Waals surface area contributed by atoms with E-state index in [9.17, 15) is 32.3 Å². The summed E-state index contributed by atoms with van der Waals surface area (Å²) in [4.78, 5) is 50.5. The van der Waals surface area contributed by atoms with Crippen LogP contribution in [0.3, 0.4) is 0 Å². The molecule has 1 unspecified atom stereocenters. The van der Waals surface area contributed by atoms with Gasteiger partial charge >= 0.3 is 6.36 Å². The van der Waals surface area contributed by atoms with Crippen LogP contribution in [0.1, 0.15) is 64.1 Å². The Balaban J connectivity index is 1.50. The second-order valence-corrected chi connectivity index (χ2v) is 8.44. The lowest BCUT2D eigenvalue weighted by molar-refractivity contribution is -0.274. The second kappa shape index (κ2) is 9.12. The summed E-state index contributed by atoms with van der Waals surface area (Å²) in [6.07, 6.45) is -4.82. The van der Waals surface area contributed by atoms with E-state index in [2.05, 4.69) is 10.1 Å². The molecule has 0 radical (unpaired) electrons. The maximum absolute atomic E-state index is 15.3. The smallest absolute Gasteiger partial charge is 0.406 e. The number of nitrogens with one attached hydrogen (secondary N) is 1. The molecule has 1 aliphatic carbocycles. The van der Waals surface area contributed by atoms with E-state index in [1.165, 1.54) is 30.0 Å². The third-order valence-electron chi connectivity index (χ3n) is 6.06. The molecule has 2 atom stereocenters. The zero-order valence-electron chi connectivity index (χ0n) is 18.4. The second-order valence-electron chi connectivity index (χ2n) is 8.44. The fourth-order valence-corrected chi connectivity index (χ4v) is 4.33. The normalized spacial score (nSPS) is 18.9. The van der Waals surface area contributed by atoms with Crippen molar-refractivity contribution < 1.29 is 41.5 Å². The van der Waals surface area contributed by atoms with Crippen LogP contribution in [0.4, 0.5) is 17.6 Å². The number of amides is 2.